The lowest BCUT2D eigenvalue weighted by Crippen LogP contribution is -2.34. The molecule has 0 spiro atoms. The SMILES string of the molecule is Oc1cc(Br)c(Br)cc1[C@@H]1COCCN1. The molecule has 1 atom stereocenters. The van der Waals surface area contributed by atoms with E-state index in [1.165, 1.54) is 0 Å². The maximum absolute atomic E-state index is 9.82. The molecule has 0 amide bonds. The lowest BCUT2D eigenvalue weighted by atomic mass is 10.1. The summed E-state index contributed by atoms with van der Waals surface area (Å²) in [7, 11) is 0. The molecule has 2 rings (SSSR count). The van der Waals surface area contributed by atoms with Crippen LogP contribution in [0.2, 0.25) is 0 Å². The van der Waals surface area contributed by atoms with Crippen LogP contribution in [-0.2, 0) is 4.74 Å². The van der Waals surface area contributed by atoms with E-state index in [4.69, 9.17) is 4.74 Å². The average Bonchev–Trinajstić information content (AvgIpc) is 2.25. The van der Waals surface area contributed by atoms with Gasteiger partial charge in [0.2, 0.25) is 0 Å². The molecule has 1 aromatic rings. The summed E-state index contributed by atoms with van der Waals surface area (Å²) in [6.45, 7) is 2.15. The number of rotatable bonds is 1. The highest BCUT2D eigenvalue weighted by molar-refractivity contribution is 9.13. The molecule has 15 heavy (non-hydrogen) atoms. The van der Waals surface area contributed by atoms with Crippen molar-refractivity contribution < 1.29 is 9.84 Å². The first-order valence-electron chi connectivity index (χ1n) is 4.67. The first-order valence-corrected chi connectivity index (χ1v) is 6.26. The second kappa shape index (κ2) is 4.82. The third-order valence-corrected chi connectivity index (χ3v) is 4.21. The molecule has 82 valence electrons. The molecule has 0 radical (unpaired) electrons. The number of ether oxygens (including phenoxy) is 1. The van der Waals surface area contributed by atoms with Gasteiger partial charge in [0.25, 0.3) is 0 Å². The molecule has 1 aromatic carbocycles. The van der Waals surface area contributed by atoms with E-state index < -0.39 is 0 Å². The monoisotopic (exact) mass is 335 g/mol. The van der Waals surface area contributed by atoms with Crippen molar-refractivity contribution in [3.05, 3.63) is 26.6 Å². The van der Waals surface area contributed by atoms with Crippen LogP contribution in [0.15, 0.2) is 21.1 Å². The van der Waals surface area contributed by atoms with Gasteiger partial charge in [0.15, 0.2) is 0 Å². The van der Waals surface area contributed by atoms with Gasteiger partial charge >= 0.3 is 0 Å². The summed E-state index contributed by atoms with van der Waals surface area (Å²) in [6.07, 6.45) is 0. The molecule has 1 fully saturated rings. The minimum Gasteiger partial charge on any atom is -0.508 e. The highest BCUT2D eigenvalue weighted by Crippen LogP contribution is 2.34. The van der Waals surface area contributed by atoms with Crippen LogP contribution < -0.4 is 5.32 Å². The molecule has 0 aromatic heterocycles. The molecule has 0 aliphatic carbocycles. The molecule has 0 saturated carbocycles. The topological polar surface area (TPSA) is 41.5 Å². The summed E-state index contributed by atoms with van der Waals surface area (Å²) in [5, 5.41) is 13.1. The zero-order valence-corrected chi connectivity index (χ0v) is 11.1. The molecule has 0 bridgehead atoms. The Hall–Kier alpha value is -0.100. The first-order chi connectivity index (χ1) is 7.18. The van der Waals surface area contributed by atoms with Gasteiger partial charge in [-0.2, -0.15) is 0 Å². The van der Waals surface area contributed by atoms with Crippen LogP contribution in [0.5, 0.6) is 5.75 Å². The van der Waals surface area contributed by atoms with Crippen molar-refractivity contribution in [1.29, 1.82) is 0 Å². The van der Waals surface area contributed by atoms with Crippen LogP contribution in [-0.4, -0.2) is 24.9 Å². The Labute approximate surface area is 105 Å². The van der Waals surface area contributed by atoms with Gasteiger partial charge in [-0.25, -0.2) is 0 Å². The summed E-state index contributed by atoms with van der Waals surface area (Å²) in [5.41, 5.74) is 0.866. The Morgan fingerprint density at radius 3 is 2.73 bits per heavy atom. The molecular weight excluding hydrogens is 326 g/mol. The maximum atomic E-state index is 9.82. The molecule has 3 nitrogen and oxygen atoms in total. The fraction of sp³-hybridized carbons (Fsp3) is 0.400. The van der Waals surface area contributed by atoms with Gasteiger partial charge in [-0.05, 0) is 44.0 Å². The maximum Gasteiger partial charge on any atom is 0.121 e. The fourth-order valence-corrected chi connectivity index (χ4v) is 2.29. The first kappa shape index (κ1) is 11.4. The zero-order valence-electron chi connectivity index (χ0n) is 7.96. The van der Waals surface area contributed by atoms with Crippen molar-refractivity contribution in [2.75, 3.05) is 19.8 Å². The Kier molecular flexibility index (Phi) is 3.66. The summed E-state index contributed by atoms with van der Waals surface area (Å²) >= 11 is 6.77. The molecule has 1 aliphatic rings. The molecular formula is C10H11Br2NO2. The quantitative estimate of drug-likeness (QED) is 0.828. The Morgan fingerprint density at radius 2 is 2.07 bits per heavy atom. The minimum absolute atomic E-state index is 0.0724. The van der Waals surface area contributed by atoms with Gasteiger partial charge in [0.1, 0.15) is 5.75 Å². The molecule has 0 unspecified atom stereocenters. The number of benzene rings is 1. The van der Waals surface area contributed by atoms with Crippen molar-refractivity contribution in [2.45, 2.75) is 6.04 Å². The van der Waals surface area contributed by atoms with Gasteiger partial charge in [-0.15, -0.1) is 0 Å². The summed E-state index contributed by atoms with van der Waals surface area (Å²) < 4.78 is 7.14. The smallest absolute Gasteiger partial charge is 0.121 e. The van der Waals surface area contributed by atoms with Crippen LogP contribution in [0.25, 0.3) is 0 Å². The van der Waals surface area contributed by atoms with E-state index in [-0.39, 0.29) is 11.8 Å². The van der Waals surface area contributed by atoms with Crippen LogP contribution in [0, 0.1) is 0 Å². The highest BCUT2D eigenvalue weighted by Gasteiger charge is 2.19. The standard InChI is InChI=1S/C10H11Br2NO2/c11-7-3-6(10(14)4-8(7)12)9-5-15-2-1-13-9/h3-4,9,13-14H,1-2,5H2/t9-/m0/s1. The van der Waals surface area contributed by atoms with E-state index in [1.54, 1.807) is 6.07 Å². The van der Waals surface area contributed by atoms with Crippen LogP contribution in [0.1, 0.15) is 11.6 Å². The molecule has 1 saturated heterocycles. The number of phenolic OH excluding ortho intramolecular Hbond substituents is 1. The normalized spacial score (nSPS) is 21.6. The summed E-state index contributed by atoms with van der Waals surface area (Å²) in [4.78, 5) is 0. The summed E-state index contributed by atoms with van der Waals surface area (Å²) in [6, 6.07) is 3.67. The van der Waals surface area contributed by atoms with Gasteiger partial charge in [-0.3, -0.25) is 0 Å². The molecule has 1 aliphatic heterocycles. The van der Waals surface area contributed by atoms with E-state index in [9.17, 15) is 5.11 Å². The summed E-state index contributed by atoms with van der Waals surface area (Å²) in [5.74, 6) is 0.285. The Balaban J connectivity index is 2.30. The predicted molar refractivity (Wildman–Crippen MR) is 65.1 cm³/mol. The van der Waals surface area contributed by atoms with Crippen molar-refractivity contribution >= 4 is 31.9 Å². The lowest BCUT2D eigenvalue weighted by molar-refractivity contribution is 0.0761. The largest absolute Gasteiger partial charge is 0.508 e. The van der Waals surface area contributed by atoms with Crippen molar-refractivity contribution in [3.63, 3.8) is 0 Å². The third-order valence-electron chi connectivity index (χ3n) is 2.37. The van der Waals surface area contributed by atoms with E-state index in [1.807, 2.05) is 6.07 Å². The van der Waals surface area contributed by atoms with E-state index >= 15 is 0 Å². The molecule has 2 N–H and O–H groups in total. The molecule has 1 heterocycles. The fourth-order valence-electron chi connectivity index (χ4n) is 1.60. The van der Waals surface area contributed by atoms with Gasteiger partial charge < -0.3 is 15.2 Å². The third kappa shape index (κ3) is 2.53. The van der Waals surface area contributed by atoms with Gasteiger partial charge in [-0.1, -0.05) is 0 Å². The molecule has 5 heteroatoms. The van der Waals surface area contributed by atoms with Gasteiger partial charge in [0, 0.05) is 21.1 Å². The lowest BCUT2D eigenvalue weighted by Gasteiger charge is -2.25. The number of phenols is 1. The predicted octanol–water partition coefficient (Wildman–Crippen LogP) is 2.58. The number of hydrogen-bond acceptors (Lipinski definition) is 3. The zero-order chi connectivity index (χ0) is 10.8. The number of halogens is 2. The Morgan fingerprint density at radius 1 is 1.33 bits per heavy atom. The Bertz CT molecular complexity index is 365. The van der Waals surface area contributed by atoms with Crippen LogP contribution in [0.4, 0.5) is 0 Å². The van der Waals surface area contributed by atoms with Crippen LogP contribution >= 0.6 is 31.9 Å². The second-order valence-corrected chi connectivity index (χ2v) is 5.12. The van der Waals surface area contributed by atoms with E-state index in [0.717, 1.165) is 27.7 Å². The second-order valence-electron chi connectivity index (χ2n) is 3.41. The van der Waals surface area contributed by atoms with Crippen molar-refractivity contribution in [3.8, 4) is 5.75 Å². The van der Waals surface area contributed by atoms with Crippen molar-refractivity contribution in [1.82, 2.24) is 5.32 Å². The number of aromatic hydroxyl groups is 1. The van der Waals surface area contributed by atoms with Crippen molar-refractivity contribution in [2.24, 2.45) is 0 Å². The number of nitrogens with one attached hydrogen (secondary N) is 1. The number of morpholine rings is 1. The van der Waals surface area contributed by atoms with Crippen LogP contribution in [0.3, 0.4) is 0 Å². The van der Waals surface area contributed by atoms with Gasteiger partial charge in [0.05, 0.1) is 19.3 Å². The number of hydrogen-bond donors (Lipinski definition) is 2. The van der Waals surface area contributed by atoms with E-state index in [0.29, 0.717) is 6.61 Å². The average molecular weight is 337 g/mol. The minimum atomic E-state index is 0.0724. The van der Waals surface area contributed by atoms with E-state index in [2.05, 4.69) is 37.2 Å². The highest BCUT2D eigenvalue weighted by atomic mass is 79.9.